The van der Waals surface area contributed by atoms with Crippen LogP contribution >= 0.6 is 0 Å². The summed E-state index contributed by atoms with van der Waals surface area (Å²) in [6.07, 6.45) is 3.17. The van der Waals surface area contributed by atoms with Crippen molar-refractivity contribution < 1.29 is 18.8 Å². The lowest BCUT2D eigenvalue weighted by molar-refractivity contribution is -0.143. The van der Waals surface area contributed by atoms with E-state index in [0.717, 1.165) is 25.7 Å². The van der Waals surface area contributed by atoms with Gasteiger partial charge >= 0.3 is 5.97 Å². The van der Waals surface area contributed by atoms with Gasteiger partial charge < -0.3 is 19.9 Å². The summed E-state index contributed by atoms with van der Waals surface area (Å²) in [5, 5.41) is 3.61. The maximum atomic E-state index is 12.5. The number of nitrogens with zero attached hydrogens (tertiary/aromatic N) is 2. The van der Waals surface area contributed by atoms with Gasteiger partial charge in [0.1, 0.15) is 5.56 Å². The molecule has 122 valence electrons. The Bertz CT molecular complexity index is 535. The molecule has 7 heteroatoms. The number of nitrogens with two attached hydrogens (primary N) is 1. The van der Waals surface area contributed by atoms with Gasteiger partial charge in [0.15, 0.2) is 6.10 Å². The minimum atomic E-state index is -0.853. The van der Waals surface area contributed by atoms with Crippen LogP contribution in [0.25, 0.3) is 0 Å². The van der Waals surface area contributed by atoms with E-state index >= 15 is 0 Å². The number of carbonyl (C=O) groups excluding carboxylic acids is 2. The van der Waals surface area contributed by atoms with E-state index in [1.54, 1.807) is 13.8 Å². The van der Waals surface area contributed by atoms with Crippen molar-refractivity contribution in [3.05, 3.63) is 11.3 Å². The van der Waals surface area contributed by atoms with Crippen molar-refractivity contribution in [1.82, 2.24) is 10.1 Å². The summed E-state index contributed by atoms with van der Waals surface area (Å²) in [5.74, 6) is -0.929. The van der Waals surface area contributed by atoms with E-state index in [1.807, 2.05) is 4.90 Å². The molecular weight excluding hydrogens is 286 g/mol. The number of rotatable bonds is 4. The van der Waals surface area contributed by atoms with Gasteiger partial charge in [-0.1, -0.05) is 12.1 Å². The van der Waals surface area contributed by atoms with Crippen LogP contribution in [0.4, 0.5) is 5.88 Å². The maximum absolute atomic E-state index is 12.5. The van der Waals surface area contributed by atoms with Gasteiger partial charge in [0.05, 0.1) is 5.69 Å². The van der Waals surface area contributed by atoms with Crippen LogP contribution in [-0.4, -0.2) is 40.6 Å². The highest BCUT2D eigenvalue weighted by Crippen LogP contribution is 2.22. The van der Waals surface area contributed by atoms with Gasteiger partial charge in [0, 0.05) is 12.6 Å². The molecule has 0 bridgehead atoms. The molecule has 2 atom stereocenters. The zero-order valence-electron chi connectivity index (χ0n) is 13.3. The van der Waals surface area contributed by atoms with E-state index < -0.39 is 12.1 Å². The molecule has 7 nitrogen and oxygen atoms in total. The number of amides is 1. The molecule has 0 aromatic carbocycles. The first-order chi connectivity index (χ1) is 10.5. The predicted molar refractivity (Wildman–Crippen MR) is 80.2 cm³/mol. The zero-order chi connectivity index (χ0) is 16.3. The van der Waals surface area contributed by atoms with E-state index in [-0.39, 0.29) is 23.4 Å². The smallest absolute Gasteiger partial charge is 0.346 e. The van der Waals surface area contributed by atoms with Crippen LogP contribution in [0.3, 0.4) is 0 Å². The number of aromatic nitrogens is 1. The first-order valence-electron chi connectivity index (χ1n) is 7.68. The van der Waals surface area contributed by atoms with Gasteiger partial charge in [0.25, 0.3) is 5.91 Å². The van der Waals surface area contributed by atoms with Crippen molar-refractivity contribution in [3.8, 4) is 0 Å². The minimum absolute atomic E-state index is 0.0883. The molecule has 0 aliphatic carbocycles. The molecule has 1 aromatic rings. The maximum Gasteiger partial charge on any atom is 0.346 e. The molecular formula is C15H23N3O4. The average molecular weight is 309 g/mol. The van der Waals surface area contributed by atoms with Crippen LogP contribution in [0.5, 0.6) is 0 Å². The van der Waals surface area contributed by atoms with E-state index in [2.05, 4.69) is 12.1 Å². The first-order valence-corrected chi connectivity index (χ1v) is 7.68. The average Bonchev–Trinajstić information content (AvgIpc) is 2.85. The minimum Gasteiger partial charge on any atom is -0.449 e. The van der Waals surface area contributed by atoms with Crippen LogP contribution in [0.1, 0.15) is 55.6 Å². The third kappa shape index (κ3) is 3.23. The molecule has 0 saturated carbocycles. The third-order valence-corrected chi connectivity index (χ3v) is 4.11. The van der Waals surface area contributed by atoms with Crippen LogP contribution in [0.2, 0.25) is 0 Å². The molecule has 0 radical (unpaired) electrons. The number of carbonyl (C=O) groups is 2. The van der Waals surface area contributed by atoms with E-state index in [9.17, 15) is 9.59 Å². The molecule has 1 aliphatic rings. The Labute approximate surface area is 129 Å². The van der Waals surface area contributed by atoms with E-state index in [1.165, 1.54) is 0 Å². The van der Waals surface area contributed by atoms with Gasteiger partial charge in [0.2, 0.25) is 5.88 Å². The molecule has 0 spiro atoms. The number of hydrogen-bond donors (Lipinski definition) is 1. The lowest BCUT2D eigenvalue weighted by atomic mass is 9.99. The molecule has 2 unspecified atom stereocenters. The van der Waals surface area contributed by atoms with Gasteiger partial charge in [-0.15, -0.1) is 0 Å². The number of likely N-dealkylation sites (tertiary alicyclic amines) is 1. The van der Waals surface area contributed by atoms with Crippen LogP contribution in [-0.2, 0) is 9.53 Å². The fourth-order valence-electron chi connectivity index (χ4n) is 2.85. The molecule has 1 amide bonds. The van der Waals surface area contributed by atoms with Crippen molar-refractivity contribution in [1.29, 1.82) is 0 Å². The second kappa shape index (κ2) is 6.81. The highest BCUT2D eigenvalue weighted by Gasteiger charge is 2.31. The Hall–Kier alpha value is -2.05. The summed E-state index contributed by atoms with van der Waals surface area (Å²) in [6, 6.07) is 0.227. The fraction of sp³-hybridized carbons (Fsp3) is 0.667. The first kappa shape index (κ1) is 16.3. The number of nitrogen functional groups attached to an aromatic ring is 1. The Morgan fingerprint density at radius 3 is 2.82 bits per heavy atom. The lowest BCUT2D eigenvalue weighted by Gasteiger charge is -2.36. The lowest BCUT2D eigenvalue weighted by Crippen LogP contribution is -2.48. The van der Waals surface area contributed by atoms with Crippen molar-refractivity contribution in [2.24, 2.45) is 0 Å². The standard InChI is InChI=1S/C15H23N3O4/c1-4-11-7-5-6-8-18(11)14(19)10(3)21-15(20)12-9(2)17-22-13(12)16/h10-11H,4-8,16H2,1-3H3. The number of anilines is 1. The number of ether oxygens (including phenoxy) is 1. The van der Waals surface area contributed by atoms with Gasteiger partial charge in [-0.25, -0.2) is 4.79 Å². The van der Waals surface area contributed by atoms with Crippen LogP contribution in [0.15, 0.2) is 4.52 Å². The van der Waals surface area contributed by atoms with Gasteiger partial charge in [-0.05, 0) is 39.5 Å². The molecule has 2 N–H and O–H groups in total. The van der Waals surface area contributed by atoms with Crippen molar-refractivity contribution >= 4 is 17.8 Å². The fourth-order valence-corrected chi connectivity index (χ4v) is 2.85. The van der Waals surface area contributed by atoms with Crippen LogP contribution < -0.4 is 5.73 Å². The van der Waals surface area contributed by atoms with Crippen molar-refractivity contribution in [2.45, 2.75) is 58.6 Å². The van der Waals surface area contributed by atoms with Crippen molar-refractivity contribution in [2.75, 3.05) is 12.3 Å². The summed E-state index contributed by atoms with van der Waals surface area (Å²) in [4.78, 5) is 26.5. The van der Waals surface area contributed by atoms with E-state index in [4.69, 9.17) is 15.0 Å². The van der Waals surface area contributed by atoms with Crippen LogP contribution in [0, 0.1) is 6.92 Å². The van der Waals surface area contributed by atoms with Crippen molar-refractivity contribution in [3.63, 3.8) is 0 Å². The second-order valence-corrected chi connectivity index (χ2v) is 5.64. The largest absolute Gasteiger partial charge is 0.449 e. The molecule has 2 heterocycles. The summed E-state index contributed by atoms with van der Waals surface area (Å²) in [7, 11) is 0. The molecule has 1 aromatic heterocycles. The summed E-state index contributed by atoms with van der Waals surface area (Å²) < 4.78 is 9.99. The number of esters is 1. The highest BCUT2D eigenvalue weighted by molar-refractivity contribution is 5.96. The zero-order valence-corrected chi connectivity index (χ0v) is 13.3. The summed E-state index contributed by atoms with van der Waals surface area (Å²) in [6.45, 7) is 5.96. The summed E-state index contributed by atoms with van der Waals surface area (Å²) in [5.41, 5.74) is 6.00. The highest BCUT2D eigenvalue weighted by atomic mass is 16.6. The Balaban J connectivity index is 2.03. The molecule has 1 saturated heterocycles. The second-order valence-electron chi connectivity index (χ2n) is 5.64. The molecule has 1 aliphatic heterocycles. The quantitative estimate of drug-likeness (QED) is 0.853. The third-order valence-electron chi connectivity index (χ3n) is 4.11. The van der Waals surface area contributed by atoms with Gasteiger partial charge in [-0.2, -0.15) is 0 Å². The van der Waals surface area contributed by atoms with E-state index in [0.29, 0.717) is 12.2 Å². The monoisotopic (exact) mass is 309 g/mol. The Morgan fingerprint density at radius 2 is 2.23 bits per heavy atom. The van der Waals surface area contributed by atoms with Gasteiger partial charge in [-0.3, -0.25) is 4.79 Å². The SMILES string of the molecule is CCC1CCCCN1C(=O)C(C)OC(=O)c1c(C)noc1N. The normalized spacial score (nSPS) is 19.8. The Kier molecular flexibility index (Phi) is 5.05. The molecule has 1 fully saturated rings. The number of aryl methyl sites for hydroxylation is 1. The molecule has 22 heavy (non-hydrogen) atoms. The molecule has 2 rings (SSSR count). The topological polar surface area (TPSA) is 98.7 Å². The summed E-state index contributed by atoms with van der Waals surface area (Å²) >= 11 is 0. The number of piperidine rings is 1. The number of hydrogen-bond acceptors (Lipinski definition) is 6. The predicted octanol–water partition coefficient (Wildman–Crippen LogP) is 1.90. The Morgan fingerprint density at radius 1 is 1.50 bits per heavy atom.